The van der Waals surface area contributed by atoms with Gasteiger partial charge in [0.15, 0.2) is 0 Å². The van der Waals surface area contributed by atoms with Crippen molar-refractivity contribution >= 4 is 33.8 Å². The summed E-state index contributed by atoms with van der Waals surface area (Å²) in [5.74, 6) is 1.43. The summed E-state index contributed by atoms with van der Waals surface area (Å²) in [4.78, 5) is 0. The molecule has 8 heteroatoms. The molecular formula is C20H51N3OSi4. The highest BCUT2D eigenvalue weighted by Gasteiger charge is 2.72. The van der Waals surface area contributed by atoms with Gasteiger partial charge in [0.25, 0.3) is 8.48 Å². The highest BCUT2D eigenvalue weighted by Crippen LogP contribution is 2.54. The fraction of sp³-hybridized carbons (Fsp3) is 1.00. The van der Waals surface area contributed by atoms with Gasteiger partial charge in [-0.25, -0.2) is 0 Å². The van der Waals surface area contributed by atoms with Crippen LogP contribution in [0.1, 0.15) is 69.2 Å². The molecule has 0 spiro atoms. The Balaban J connectivity index is 3.26. The molecule has 168 valence electrons. The molecule has 28 heavy (non-hydrogen) atoms. The van der Waals surface area contributed by atoms with Gasteiger partial charge < -0.3 is 13.4 Å². The van der Waals surface area contributed by atoms with Crippen LogP contribution in [0.4, 0.5) is 0 Å². The van der Waals surface area contributed by atoms with Crippen molar-refractivity contribution in [3.63, 3.8) is 0 Å². The SMILES string of the molecule is CC(C)C[Si](C)(C)N[Si]1(N[Si](C)(C)CC(C)C)N[Si](C(C)(C)C)(C(C)(C)C)O1. The summed E-state index contributed by atoms with van der Waals surface area (Å²) < 4.78 is 19.9. The van der Waals surface area contributed by atoms with Crippen LogP contribution < -0.4 is 13.9 Å². The van der Waals surface area contributed by atoms with Crippen molar-refractivity contribution in [2.75, 3.05) is 0 Å². The highest BCUT2D eigenvalue weighted by atomic mass is 28.5. The van der Waals surface area contributed by atoms with Crippen LogP contribution in [0.3, 0.4) is 0 Å². The lowest BCUT2D eigenvalue weighted by Gasteiger charge is -2.66. The first kappa shape index (κ1) is 26.7. The fourth-order valence-corrected chi connectivity index (χ4v) is 33.4. The minimum Gasteiger partial charge on any atom is -0.409 e. The smallest absolute Gasteiger partial charge is 0.409 e. The zero-order chi connectivity index (χ0) is 22.4. The van der Waals surface area contributed by atoms with Crippen molar-refractivity contribution in [2.24, 2.45) is 11.8 Å². The lowest BCUT2D eigenvalue weighted by molar-refractivity contribution is 0.332. The second-order valence-electron chi connectivity index (χ2n) is 13.3. The molecule has 1 heterocycles. The summed E-state index contributed by atoms with van der Waals surface area (Å²) in [6.07, 6.45) is 0. The van der Waals surface area contributed by atoms with Crippen molar-refractivity contribution in [2.45, 2.75) is 118 Å². The van der Waals surface area contributed by atoms with Gasteiger partial charge in [-0.2, -0.15) is 0 Å². The number of nitrogens with one attached hydrogen (secondary N) is 3. The molecular weight excluding hydrogens is 411 g/mol. The van der Waals surface area contributed by atoms with Crippen LogP contribution in [0.2, 0.25) is 48.4 Å². The van der Waals surface area contributed by atoms with Crippen molar-refractivity contribution in [1.29, 1.82) is 0 Å². The van der Waals surface area contributed by atoms with E-state index in [1.807, 2.05) is 0 Å². The molecule has 0 atom stereocenters. The van der Waals surface area contributed by atoms with Gasteiger partial charge in [-0.05, 0) is 34.0 Å². The topological polar surface area (TPSA) is 45.3 Å². The summed E-state index contributed by atoms with van der Waals surface area (Å²) >= 11 is 0. The lowest BCUT2D eigenvalue weighted by atomic mass is 10.2. The van der Waals surface area contributed by atoms with Gasteiger partial charge in [-0.3, -0.25) is 4.65 Å². The molecule has 0 radical (unpaired) electrons. The van der Waals surface area contributed by atoms with Crippen LogP contribution in [0, 0.1) is 11.8 Å². The van der Waals surface area contributed by atoms with E-state index in [-0.39, 0.29) is 10.1 Å². The standard InChI is InChI=1S/C20H51N3OSi4/c1-17(2)15-25(11,12)21-28(22-26(13,14)16-18(3)4)23-27(24-28,19(5,6)7)20(8,9)10/h17-18,21-23H,15-16H2,1-14H3. The molecule has 1 rings (SSSR count). The molecule has 0 aromatic rings. The summed E-state index contributed by atoms with van der Waals surface area (Å²) in [6.45, 7) is 33.4. The fourth-order valence-electron chi connectivity index (χ4n) is 5.53. The normalized spacial score (nSPS) is 20.6. The van der Waals surface area contributed by atoms with Crippen molar-refractivity contribution in [3.8, 4) is 0 Å². The molecule has 0 aromatic heterocycles. The van der Waals surface area contributed by atoms with Gasteiger partial charge in [-0.1, -0.05) is 95.4 Å². The molecule has 0 amide bonds. The lowest BCUT2D eigenvalue weighted by Crippen LogP contribution is -2.99. The largest absolute Gasteiger partial charge is 0.411 e. The Bertz CT molecular complexity index is 489. The average molecular weight is 462 g/mol. The quantitative estimate of drug-likeness (QED) is 0.389. The Kier molecular flexibility index (Phi) is 7.96. The predicted octanol–water partition coefficient (Wildman–Crippen LogP) is 5.99. The third-order valence-corrected chi connectivity index (χ3v) is 27.0. The Labute approximate surface area is 181 Å². The molecule has 1 aliphatic rings. The zero-order valence-corrected chi connectivity index (χ0v) is 25.5. The predicted molar refractivity (Wildman–Crippen MR) is 136 cm³/mol. The van der Waals surface area contributed by atoms with Gasteiger partial charge in [0, 0.05) is 0 Å². The number of hydrogen-bond acceptors (Lipinski definition) is 4. The van der Waals surface area contributed by atoms with E-state index in [9.17, 15) is 0 Å². The van der Waals surface area contributed by atoms with Gasteiger partial charge in [-0.15, -0.1) is 0 Å². The van der Waals surface area contributed by atoms with E-state index in [4.69, 9.17) is 4.12 Å². The molecule has 3 N–H and O–H groups in total. The van der Waals surface area contributed by atoms with E-state index in [1.165, 1.54) is 12.1 Å². The van der Waals surface area contributed by atoms with E-state index in [0.717, 1.165) is 0 Å². The van der Waals surface area contributed by atoms with Crippen LogP contribution in [0.5, 0.6) is 0 Å². The monoisotopic (exact) mass is 461 g/mol. The van der Waals surface area contributed by atoms with Crippen molar-refractivity contribution < 1.29 is 4.12 Å². The molecule has 1 aliphatic heterocycles. The maximum Gasteiger partial charge on any atom is 0.411 e. The van der Waals surface area contributed by atoms with Crippen molar-refractivity contribution in [3.05, 3.63) is 0 Å². The third-order valence-electron chi connectivity index (χ3n) is 5.64. The Hall–Kier alpha value is 0.708. The zero-order valence-electron chi connectivity index (χ0n) is 21.5. The molecule has 0 bridgehead atoms. The van der Waals surface area contributed by atoms with Crippen LogP contribution in [-0.2, 0) is 4.12 Å². The number of rotatable bonds is 8. The first-order chi connectivity index (χ1) is 12.2. The Morgan fingerprint density at radius 1 is 0.750 bits per heavy atom. The van der Waals surface area contributed by atoms with Crippen LogP contribution in [0.15, 0.2) is 0 Å². The van der Waals surface area contributed by atoms with E-state index in [0.29, 0.717) is 11.8 Å². The molecule has 0 unspecified atom stereocenters. The summed E-state index contributed by atoms with van der Waals surface area (Å²) in [5.41, 5.74) is 0. The third kappa shape index (κ3) is 6.35. The van der Waals surface area contributed by atoms with Crippen LogP contribution >= 0.6 is 0 Å². The maximum absolute atomic E-state index is 7.29. The van der Waals surface area contributed by atoms with Gasteiger partial charge in [0.05, 0.1) is 0 Å². The minimum absolute atomic E-state index is 0.151. The summed E-state index contributed by atoms with van der Waals surface area (Å²) in [5, 5.41) is 0.303. The van der Waals surface area contributed by atoms with Crippen LogP contribution in [0.25, 0.3) is 0 Å². The average Bonchev–Trinajstić information content (AvgIpc) is 2.26. The van der Waals surface area contributed by atoms with E-state index >= 15 is 0 Å². The van der Waals surface area contributed by atoms with Gasteiger partial charge in [0.2, 0.25) is 0 Å². The molecule has 4 nitrogen and oxygen atoms in total. The summed E-state index contributed by atoms with van der Waals surface area (Å²) in [7, 11) is -7.67. The Morgan fingerprint density at radius 2 is 1.04 bits per heavy atom. The molecule has 0 saturated carbocycles. The molecule has 1 fully saturated rings. The Morgan fingerprint density at radius 3 is 1.25 bits per heavy atom. The van der Waals surface area contributed by atoms with E-state index < -0.39 is 33.8 Å². The van der Waals surface area contributed by atoms with E-state index in [1.54, 1.807) is 0 Å². The highest BCUT2D eigenvalue weighted by molar-refractivity contribution is 7.08. The number of hydrogen-bond donors (Lipinski definition) is 3. The summed E-state index contributed by atoms with van der Waals surface area (Å²) in [6, 6.07) is 2.56. The molecule has 0 aliphatic carbocycles. The molecule has 0 aromatic carbocycles. The van der Waals surface area contributed by atoms with Crippen molar-refractivity contribution in [1.82, 2.24) is 13.9 Å². The maximum atomic E-state index is 7.29. The van der Waals surface area contributed by atoms with Crippen LogP contribution in [-0.4, -0.2) is 33.8 Å². The van der Waals surface area contributed by atoms with Gasteiger partial charge >= 0.3 is 8.80 Å². The molecule has 1 saturated heterocycles. The minimum atomic E-state index is -2.37. The van der Waals surface area contributed by atoms with E-state index in [2.05, 4.69) is 109 Å². The first-order valence-electron chi connectivity index (χ1n) is 11.2. The first-order valence-corrected chi connectivity index (χ1v) is 21.5. The second-order valence-corrected chi connectivity index (χ2v) is 31.2. The van der Waals surface area contributed by atoms with Gasteiger partial charge in [0.1, 0.15) is 16.5 Å². The second kappa shape index (κ2) is 8.33.